The lowest BCUT2D eigenvalue weighted by molar-refractivity contribution is 0.170. The SMILES string of the molecule is C[C@H](Cc1ccc(SCc2ccccc2)cc1)NC[C@H](O)c1ccccc1. The lowest BCUT2D eigenvalue weighted by Gasteiger charge is -2.17. The van der Waals surface area contributed by atoms with Crippen LogP contribution in [0.4, 0.5) is 0 Å². The van der Waals surface area contributed by atoms with Crippen molar-refractivity contribution < 1.29 is 5.11 Å². The van der Waals surface area contributed by atoms with Crippen molar-refractivity contribution in [2.45, 2.75) is 36.1 Å². The number of thioether (sulfide) groups is 1. The Morgan fingerprint density at radius 3 is 2.11 bits per heavy atom. The summed E-state index contributed by atoms with van der Waals surface area (Å²) in [7, 11) is 0. The molecule has 0 aliphatic carbocycles. The van der Waals surface area contributed by atoms with E-state index in [-0.39, 0.29) is 0 Å². The van der Waals surface area contributed by atoms with Gasteiger partial charge >= 0.3 is 0 Å². The van der Waals surface area contributed by atoms with E-state index in [2.05, 4.69) is 66.8 Å². The van der Waals surface area contributed by atoms with Gasteiger partial charge in [-0.3, -0.25) is 0 Å². The lowest BCUT2D eigenvalue weighted by atomic mass is 10.1. The molecule has 0 bridgehead atoms. The quantitative estimate of drug-likeness (QED) is 0.501. The first-order valence-electron chi connectivity index (χ1n) is 9.43. The highest BCUT2D eigenvalue weighted by Crippen LogP contribution is 2.23. The molecule has 0 amide bonds. The first-order valence-corrected chi connectivity index (χ1v) is 10.4. The molecule has 0 radical (unpaired) electrons. The van der Waals surface area contributed by atoms with E-state index in [0.717, 1.165) is 17.7 Å². The molecule has 3 aromatic rings. The van der Waals surface area contributed by atoms with Gasteiger partial charge in [-0.1, -0.05) is 72.8 Å². The Morgan fingerprint density at radius 1 is 0.815 bits per heavy atom. The van der Waals surface area contributed by atoms with Gasteiger partial charge in [-0.25, -0.2) is 0 Å². The fraction of sp³-hybridized carbons (Fsp3) is 0.250. The summed E-state index contributed by atoms with van der Waals surface area (Å²) < 4.78 is 0. The van der Waals surface area contributed by atoms with E-state index in [1.165, 1.54) is 16.0 Å². The topological polar surface area (TPSA) is 32.3 Å². The van der Waals surface area contributed by atoms with Crippen LogP contribution in [0.2, 0.25) is 0 Å². The van der Waals surface area contributed by atoms with Crippen LogP contribution in [0.5, 0.6) is 0 Å². The van der Waals surface area contributed by atoms with Crippen LogP contribution < -0.4 is 5.32 Å². The molecule has 2 atom stereocenters. The largest absolute Gasteiger partial charge is 0.387 e. The van der Waals surface area contributed by atoms with Crippen LogP contribution in [0.15, 0.2) is 89.8 Å². The average Bonchev–Trinajstić information content (AvgIpc) is 2.73. The summed E-state index contributed by atoms with van der Waals surface area (Å²) in [6, 6.07) is 29.5. The van der Waals surface area contributed by atoms with E-state index in [1.807, 2.05) is 42.1 Å². The van der Waals surface area contributed by atoms with Crippen molar-refractivity contribution in [1.82, 2.24) is 5.32 Å². The highest BCUT2D eigenvalue weighted by molar-refractivity contribution is 7.98. The van der Waals surface area contributed by atoms with Gasteiger partial charge in [0.15, 0.2) is 0 Å². The molecule has 0 aliphatic rings. The number of rotatable bonds is 9. The van der Waals surface area contributed by atoms with Crippen molar-refractivity contribution in [2.24, 2.45) is 0 Å². The molecule has 0 saturated carbocycles. The summed E-state index contributed by atoms with van der Waals surface area (Å²) in [6.45, 7) is 2.73. The predicted molar refractivity (Wildman–Crippen MR) is 115 cm³/mol. The summed E-state index contributed by atoms with van der Waals surface area (Å²) in [5.74, 6) is 0.996. The number of benzene rings is 3. The first-order chi connectivity index (χ1) is 13.2. The molecular weight excluding hydrogens is 350 g/mol. The van der Waals surface area contributed by atoms with Gasteiger partial charge in [-0.15, -0.1) is 11.8 Å². The van der Waals surface area contributed by atoms with Crippen molar-refractivity contribution in [1.29, 1.82) is 0 Å². The van der Waals surface area contributed by atoms with Gasteiger partial charge in [0.2, 0.25) is 0 Å². The van der Waals surface area contributed by atoms with Crippen LogP contribution in [0.25, 0.3) is 0 Å². The Bertz CT molecular complexity index is 790. The molecule has 27 heavy (non-hydrogen) atoms. The first kappa shape index (κ1) is 19.7. The molecule has 3 heteroatoms. The Morgan fingerprint density at radius 2 is 1.44 bits per heavy atom. The molecule has 3 aromatic carbocycles. The van der Waals surface area contributed by atoms with Gasteiger partial charge in [-0.2, -0.15) is 0 Å². The Kier molecular flexibility index (Phi) is 7.52. The summed E-state index contributed by atoms with van der Waals surface area (Å²) in [6.07, 6.45) is 0.482. The zero-order valence-electron chi connectivity index (χ0n) is 15.7. The number of aliphatic hydroxyl groups is 1. The maximum Gasteiger partial charge on any atom is 0.0914 e. The van der Waals surface area contributed by atoms with Gasteiger partial charge in [0.05, 0.1) is 6.10 Å². The Hall–Kier alpha value is -2.07. The highest BCUT2D eigenvalue weighted by atomic mass is 32.2. The monoisotopic (exact) mass is 377 g/mol. The average molecular weight is 378 g/mol. The lowest BCUT2D eigenvalue weighted by Crippen LogP contribution is -2.32. The van der Waals surface area contributed by atoms with Crippen molar-refractivity contribution in [2.75, 3.05) is 6.54 Å². The maximum absolute atomic E-state index is 10.3. The minimum atomic E-state index is -0.467. The van der Waals surface area contributed by atoms with Crippen LogP contribution in [0.1, 0.15) is 29.7 Å². The minimum absolute atomic E-state index is 0.311. The molecule has 2 N–H and O–H groups in total. The molecule has 140 valence electrons. The van der Waals surface area contributed by atoms with E-state index < -0.39 is 6.10 Å². The second-order valence-corrected chi connectivity index (χ2v) is 7.91. The van der Waals surface area contributed by atoms with E-state index in [4.69, 9.17) is 0 Å². The van der Waals surface area contributed by atoms with Crippen LogP contribution in [-0.2, 0) is 12.2 Å². The van der Waals surface area contributed by atoms with E-state index in [9.17, 15) is 5.11 Å². The predicted octanol–water partition coefficient (Wildman–Crippen LogP) is 5.23. The second-order valence-electron chi connectivity index (χ2n) is 6.86. The van der Waals surface area contributed by atoms with Gasteiger partial charge in [0, 0.05) is 23.2 Å². The summed E-state index contributed by atoms with van der Waals surface area (Å²) in [5, 5.41) is 13.7. The van der Waals surface area contributed by atoms with Gasteiger partial charge < -0.3 is 10.4 Å². The highest BCUT2D eigenvalue weighted by Gasteiger charge is 2.09. The summed E-state index contributed by atoms with van der Waals surface area (Å²) in [4.78, 5) is 1.29. The minimum Gasteiger partial charge on any atom is -0.387 e. The third-order valence-corrected chi connectivity index (χ3v) is 5.64. The third-order valence-electron chi connectivity index (χ3n) is 4.56. The molecular formula is C24H27NOS. The second kappa shape index (κ2) is 10.3. The zero-order valence-corrected chi connectivity index (χ0v) is 16.5. The molecule has 0 aromatic heterocycles. The normalized spacial score (nSPS) is 13.3. The smallest absolute Gasteiger partial charge is 0.0914 e. The molecule has 0 unspecified atom stereocenters. The maximum atomic E-state index is 10.3. The molecule has 0 fully saturated rings. The Balaban J connectivity index is 1.43. The molecule has 0 heterocycles. The fourth-order valence-electron chi connectivity index (χ4n) is 2.99. The molecule has 0 spiro atoms. The van der Waals surface area contributed by atoms with Crippen LogP contribution in [-0.4, -0.2) is 17.7 Å². The molecule has 0 aliphatic heterocycles. The van der Waals surface area contributed by atoms with Crippen LogP contribution in [0, 0.1) is 0 Å². The van der Waals surface area contributed by atoms with Gasteiger partial charge in [-0.05, 0) is 42.2 Å². The number of nitrogens with one attached hydrogen (secondary N) is 1. The van der Waals surface area contributed by atoms with Gasteiger partial charge in [0.25, 0.3) is 0 Å². The van der Waals surface area contributed by atoms with Crippen LogP contribution >= 0.6 is 11.8 Å². The van der Waals surface area contributed by atoms with E-state index >= 15 is 0 Å². The van der Waals surface area contributed by atoms with Crippen molar-refractivity contribution in [3.63, 3.8) is 0 Å². The zero-order chi connectivity index (χ0) is 18.9. The number of aliphatic hydroxyl groups excluding tert-OH is 1. The molecule has 3 rings (SSSR count). The standard InChI is InChI=1S/C24H27NOS/c1-19(25-17-24(26)22-10-6-3-7-11-22)16-20-12-14-23(15-13-20)27-18-21-8-4-2-5-9-21/h2-15,19,24-26H,16-18H2,1H3/t19-,24+/m1/s1. The van der Waals surface area contributed by atoms with Crippen molar-refractivity contribution in [3.8, 4) is 0 Å². The number of hydrogen-bond donors (Lipinski definition) is 2. The summed E-state index contributed by atoms with van der Waals surface area (Å²) in [5.41, 5.74) is 3.62. The van der Waals surface area contributed by atoms with E-state index in [0.29, 0.717) is 12.6 Å². The summed E-state index contributed by atoms with van der Waals surface area (Å²) >= 11 is 1.86. The van der Waals surface area contributed by atoms with Crippen molar-refractivity contribution in [3.05, 3.63) is 102 Å². The fourth-order valence-corrected chi connectivity index (χ4v) is 3.85. The van der Waals surface area contributed by atoms with E-state index in [1.54, 1.807) is 0 Å². The van der Waals surface area contributed by atoms with Gasteiger partial charge in [0.1, 0.15) is 0 Å². The Labute approximate surface area is 166 Å². The molecule has 0 saturated heterocycles. The number of hydrogen-bond acceptors (Lipinski definition) is 3. The molecule has 2 nitrogen and oxygen atoms in total. The third kappa shape index (κ3) is 6.55. The van der Waals surface area contributed by atoms with Crippen molar-refractivity contribution >= 4 is 11.8 Å². The van der Waals surface area contributed by atoms with Crippen LogP contribution in [0.3, 0.4) is 0 Å².